The molecule has 2 amide bonds. The lowest BCUT2D eigenvalue weighted by atomic mass is 9.79. The molecular formula is C20H27N3O2S. The van der Waals surface area contributed by atoms with Gasteiger partial charge in [-0.05, 0) is 52.2 Å². The minimum Gasteiger partial charge on any atom is -0.351 e. The van der Waals surface area contributed by atoms with Gasteiger partial charge in [0.25, 0.3) is 5.91 Å². The molecule has 140 valence electrons. The van der Waals surface area contributed by atoms with Gasteiger partial charge in [0.1, 0.15) is 11.4 Å². The Bertz CT molecular complexity index is 745. The molecule has 0 saturated carbocycles. The smallest absolute Gasteiger partial charge is 0.256 e. The van der Waals surface area contributed by atoms with Crippen LogP contribution in [0.2, 0.25) is 0 Å². The maximum atomic E-state index is 13.0. The Labute approximate surface area is 159 Å². The van der Waals surface area contributed by atoms with E-state index in [0.29, 0.717) is 5.75 Å². The standard InChI is InChI=1S/C20H27N3O2S/c1-19(2)9-12(10-20(3,4)22-19)21-16(24)15-11-26-18-14-8-6-5-7-13(14)17(25)23(15)18/h5-8,12,15,18,22H,9-11H2,1-4H3,(H,21,24). The molecule has 3 aliphatic rings. The van der Waals surface area contributed by atoms with Gasteiger partial charge >= 0.3 is 0 Å². The van der Waals surface area contributed by atoms with Crippen LogP contribution in [0.3, 0.4) is 0 Å². The second-order valence-corrected chi connectivity index (χ2v) is 10.1. The van der Waals surface area contributed by atoms with Crippen molar-refractivity contribution in [1.29, 1.82) is 0 Å². The summed E-state index contributed by atoms with van der Waals surface area (Å²) in [7, 11) is 0. The Balaban J connectivity index is 1.49. The highest BCUT2D eigenvalue weighted by atomic mass is 32.2. The van der Waals surface area contributed by atoms with Gasteiger partial charge in [0.15, 0.2) is 0 Å². The maximum Gasteiger partial charge on any atom is 0.256 e. The normalized spacial score (nSPS) is 29.4. The molecule has 6 heteroatoms. The van der Waals surface area contributed by atoms with Gasteiger partial charge in [-0.1, -0.05) is 18.2 Å². The first-order chi connectivity index (χ1) is 12.2. The summed E-state index contributed by atoms with van der Waals surface area (Å²) in [5.74, 6) is 0.635. The Morgan fingerprint density at radius 3 is 2.54 bits per heavy atom. The summed E-state index contributed by atoms with van der Waals surface area (Å²) in [5, 5.41) is 6.87. The maximum absolute atomic E-state index is 13.0. The highest BCUT2D eigenvalue weighted by molar-refractivity contribution is 7.99. The predicted molar refractivity (Wildman–Crippen MR) is 104 cm³/mol. The zero-order valence-electron chi connectivity index (χ0n) is 15.8. The number of hydrogen-bond donors (Lipinski definition) is 2. The van der Waals surface area contributed by atoms with Crippen LogP contribution in [0.25, 0.3) is 0 Å². The van der Waals surface area contributed by atoms with Gasteiger partial charge in [-0.2, -0.15) is 0 Å². The molecule has 2 fully saturated rings. The minimum absolute atomic E-state index is 0.0123. The summed E-state index contributed by atoms with van der Waals surface area (Å²) >= 11 is 1.69. The zero-order chi connectivity index (χ0) is 18.7. The van der Waals surface area contributed by atoms with Crippen LogP contribution >= 0.6 is 11.8 Å². The van der Waals surface area contributed by atoms with Gasteiger partial charge in [0.2, 0.25) is 5.91 Å². The number of amides is 2. The van der Waals surface area contributed by atoms with Gasteiger partial charge in [0.05, 0.1) is 0 Å². The number of benzene rings is 1. The second kappa shape index (κ2) is 5.99. The number of nitrogens with one attached hydrogen (secondary N) is 2. The number of hydrogen-bond acceptors (Lipinski definition) is 4. The lowest BCUT2D eigenvalue weighted by molar-refractivity contribution is -0.126. The minimum atomic E-state index is -0.383. The van der Waals surface area contributed by atoms with E-state index in [0.717, 1.165) is 24.0 Å². The number of rotatable bonds is 2. The van der Waals surface area contributed by atoms with E-state index in [1.807, 2.05) is 24.3 Å². The first-order valence-corrected chi connectivity index (χ1v) is 10.3. The summed E-state index contributed by atoms with van der Waals surface area (Å²) in [4.78, 5) is 27.6. The molecule has 0 aliphatic carbocycles. The summed E-state index contributed by atoms with van der Waals surface area (Å²) in [6.45, 7) is 8.70. The molecule has 1 aromatic carbocycles. The third kappa shape index (κ3) is 3.03. The van der Waals surface area contributed by atoms with E-state index in [9.17, 15) is 9.59 Å². The van der Waals surface area contributed by atoms with Gasteiger partial charge in [-0.3, -0.25) is 9.59 Å². The van der Waals surface area contributed by atoms with Crippen LogP contribution in [0, 0.1) is 0 Å². The Hall–Kier alpha value is -1.53. The van der Waals surface area contributed by atoms with Crippen molar-refractivity contribution in [2.24, 2.45) is 0 Å². The summed E-state index contributed by atoms with van der Waals surface area (Å²) in [6, 6.07) is 7.45. The molecular weight excluding hydrogens is 346 g/mol. The Morgan fingerprint density at radius 1 is 1.19 bits per heavy atom. The topological polar surface area (TPSA) is 61.4 Å². The third-order valence-electron chi connectivity index (χ3n) is 5.53. The first-order valence-electron chi connectivity index (χ1n) is 9.30. The average Bonchev–Trinajstić information content (AvgIpc) is 3.05. The highest BCUT2D eigenvalue weighted by Crippen LogP contribution is 2.48. The average molecular weight is 374 g/mol. The SMILES string of the molecule is CC1(C)CC(NC(=O)C2CSC3c4ccccc4C(=O)N23)CC(C)(C)N1. The van der Waals surface area contributed by atoms with Crippen LogP contribution in [-0.4, -0.2) is 45.6 Å². The van der Waals surface area contributed by atoms with Crippen molar-refractivity contribution in [1.82, 2.24) is 15.5 Å². The van der Waals surface area contributed by atoms with Crippen molar-refractivity contribution in [2.45, 2.75) is 69.1 Å². The van der Waals surface area contributed by atoms with E-state index in [2.05, 4.69) is 38.3 Å². The molecule has 0 radical (unpaired) electrons. The van der Waals surface area contributed by atoms with Crippen LogP contribution in [0.4, 0.5) is 0 Å². The van der Waals surface area contributed by atoms with Gasteiger partial charge < -0.3 is 15.5 Å². The van der Waals surface area contributed by atoms with Crippen molar-refractivity contribution in [3.8, 4) is 0 Å². The number of fused-ring (bicyclic) bond motifs is 3. The molecule has 0 spiro atoms. The van der Waals surface area contributed by atoms with E-state index < -0.39 is 0 Å². The Kier molecular flexibility index (Phi) is 4.12. The van der Waals surface area contributed by atoms with Crippen molar-refractivity contribution in [3.63, 3.8) is 0 Å². The van der Waals surface area contributed by atoms with Crippen molar-refractivity contribution in [2.75, 3.05) is 5.75 Å². The van der Waals surface area contributed by atoms with Gasteiger partial charge in [-0.25, -0.2) is 0 Å². The molecule has 5 nitrogen and oxygen atoms in total. The van der Waals surface area contributed by atoms with E-state index in [1.54, 1.807) is 16.7 Å². The molecule has 26 heavy (non-hydrogen) atoms. The van der Waals surface area contributed by atoms with E-state index in [1.165, 1.54) is 0 Å². The Morgan fingerprint density at radius 2 is 1.85 bits per heavy atom. The van der Waals surface area contributed by atoms with Crippen LogP contribution in [0.15, 0.2) is 24.3 Å². The third-order valence-corrected chi connectivity index (χ3v) is 6.84. The largest absolute Gasteiger partial charge is 0.351 e. The molecule has 2 saturated heterocycles. The van der Waals surface area contributed by atoms with Crippen molar-refractivity contribution >= 4 is 23.6 Å². The summed E-state index contributed by atoms with van der Waals surface area (Å²) < 4.78 is 0. The monoisotopic (exact) mass is 373 g/mol. The van der Waals surface area contributed by atoms with E-state index in [-0.39, 0.29) is 40.3 Å². The fourth-order valence-electron chi connectivity index (χ4n) is 4.96. The predicted octanol–water partition coefficient (Wildman–Crippen LogP) is 2.68. The lowest BCUT2D eigenvalue weighted by Crippen LogP contribution is -2.63. The fraction of sp³-hybridized carbons (Fsp3) is 0.600. The molecule has 0 bridgehead atoms. The molecule has 2 unspecified atom stereocenters. The van der Waals surface area contributed by atoms with Crippen LogP contribution in [-0.2, 0) is 4.79 Å². The van der Waals surface area contributed by atoms with Crippen LogP contribution in [0.5, 0.6) is 0 Å². The number of carbonyl (C=O) groups excluding carboxylic acids is 2. The molecule has 3 heterocycles. The number of thioether (sulfide) groups is 1. The lowest BCUT2D eigenvalue weighted by Gasteiger charge is -2.46. The van der Waals surface area contributed by atoms with Crippen LogP contribution in [0.1, 0.15) is 61.8 Å². The van der Waals surface area contributed by atoms with E-state index >= 15 is 0 Å². The fourth-order valence-corrected chi connectivity index (χ4v) is 6.43. The van der Waals surface area contributed by atoms with Gasteiger partial charge in [-0.15, -0.1) is 11.8 Å². The summed E-state index contributed by atoms with van der Waals surface area (Å²) in [5.41, 5.74) is 1.74. The zero-order valence-corrected chi connectivity index (χ0v) is 16.7. The van der Waals surface area contributed by atoms with Crippen molar-refractivity contribution < 1.29 is 9.59 Å². The molecule has 1 aromatic rings. The highest BCUT2D eigenvalue weighted by Gasteiger charge is 2.49. The molecule has 3 aliphatic heterocycles. The molecule has 2 atom stereocenters. The molecule has 2 N–H and O–H groups in total. The van der Waals surface area contributed by atoms with E-state index in [4.69, 9.17) is 0 Å². The molecule has 4 rings (SSSR count). The molecule has 0 aromatic heterocycles. The van der Waals surface area contributed by atoms with Crippen LogP contribution < -0.4 is 10.6 Å². The summed E-state index contributed by atoms with van der Waals surface area (Å²) in [6.07, 6.45) is 1.78. The number of piperidine rings is 1. The number of nitrogens with zero attached hydrogens (tertiary/aromatic N) is 1. The van der Waals surface area contributed by atoms with Gasteiger partial charge in [0, 0.05) is 28.4 Å². The quantitative estimate of drug-likeness (QED) is 0.837. The second-order valence-electron chi connectivity index (χ2n) is 9.01. The van der Waals surface area contributed by atoms with Crippen molar-refractivity contribution in [3.05, 3.63) is 35.4 Å². The first kappa shape index (κ1) is 17.9. The number of carbonyl (C=O) groups is 2.